The lowest BCUT2D eigenvalue weighted by Crippen LogP contribution is -2.40. The van der Waals surface area contributed by atoms with Gasteiger partial charge >= 0.3 is 0 Å². The summed E-state index contributed by atoms with van der Waals surface area (Å²) in [5, 5.41) is 0. The van der Waals surface area contributed by atoms with Crippen molar-refractivity contribution in [3.8, 4) is 5.75 Å². The first-order chi connectivity index (χ1) is 9.74. The predicted octanol–water partition coefficient (Wildman–Crippen LogP) is 3.36. The van der Waals surface area contributed by atoms with Crippen LogP contribution in [0, 0.1) is 0 Å². The monoisotopic (exact) mass is 291 g/mol. The minimum atomic E-state index is 0.298. The summed E-state index contributed by atoms with van der Waals surface area (Å²) in [6.45, 7) is 0. The fourth-order valence-corrected chi connectivity index (χ4v) is 3.08. The van der Waals surface area contributed by atoms with Crippen molar-refractivity contribution in [3.63, 3.8) is 0 Å². The van der Waals surface area contributed by atoms with E-state index in [9.17, 15) is 4.79 Å². The number of ether oxygens (including phenoxy) is 1. The summed E-state index contributed by atoms with van der Waals surface area (Å²) in [4.78, 5) is 13.8. The standard InChI is InChI=1S/C16H21NO2S/c1-19-15-9-7-13(8-10-15)11-16(20)17(12-18)14-5-3-2-4-6-14/h7-10,12,14H,2-6,11H2,1H3. The highest BCUT2D eigenvalue weighted by atomic mass is 32.1. The van der Waals surface area contributed by atoms with E-state index >= 15 is 0 Å². The topological polar surface area (TPSA) is 29.5 Å². The first-order valence-corrected chi connectivity index (χ1v) is 7.55. The Morgan fingerprint density at radius 3 is 2.50 bits per heavy atom. The van der Waals surface area contributed by atoms with E-state index < -0.39 is 0 Å². The van der Waals surface area contributed by atoms with Crippen LogP contribution in [0.4, 0.5) is 0 Å². The number of carbonyl (C=O) groups excluding carboxylic acids is 1. The maximum absolute atomic E-state index is 11.4. The molecule has 3 nitrogen and oxygen atoms in total. The third-order valence-corrected chi connectivity index (χ3v) is 4.24. The zero-order valence-electron chi connectivity index (χ0n) is 11.9. The van der Waals surface area contributed by atoms with Gasteiger partial charge in [0.05, 0.1) is 12.1 Å². The molecule has 1 amide bonds. The molecule has 0 saturated heterocycles. The van der Waals surface area contributed by atoms with Crippen LogP contribution in [0.3, 0.4) is 0 Å². The minimum Gasteiger partial charge on any atom is -0.497 e. The molecule has 1 aromatic carbocycles. The lowest BCUT2D eigenvalue weighted by atomic mass is 9.94. The second kappa shape index (κ2) is 7.39. The zero-order valence-corrected chi connectivity index (χ0v) is 12.7. The van der Waals surface area contributed by atoms with Crippen molar-refractivity contribution in [1.82, 2.24) is 4.90 Å². The highest BCUT2D eigenvalue weighted by molar-refractivity contribution is 7.80. The van der Waals surface area contributed by atoms with Gasteiger partial charge in [0.1, 0.15) is 5.75 Å². The van der Waals surface area contributed by atoms with Gasteiger partial charge in [0.2, 0.25) is 6.41 Å². The number of nitrogens with zero attached hydrogens (tertiary/aromatic N) is 1. The normalized spacial score (nSPS) is 15.7. The molecule has 0 heterocycles. The summed E-state index contributed by atoms with van der Waals surface area (Å²) in [7, 11) is 1.65. The molecule has 0 aromatic heterocycles. The Kier molecular flexibility index (Phi) is 5.53. The van der Waals surface area contributed by atoms with Crippen molar-refractivity contribution in [2.45, 2.75) is 44.6 Å². The van der Waals surface area contributed by atoms with Crippen LogP contribution in [0.15, 0.2) is 24.3 Å². The van der Waals surface area contributed by atoms with Gasteiger partial charge in [0.15, 0.2) is 0 Å². The number of rotatable bonds is 5. The molecule has 4 heteroatoms. The summed E-state index contributed by atoms with van der Waals surface area (Å²) < 4.78 is 5.14. The van der Waals surface area contributed by atoms with Gasteiger partial charge in [-0.3, -0.25) is 4.79 Å². The van der Waals surface area contributed by atoms with Gasteiger partial charge in [0, 0.05) is 12.5 Å². The lowest BCUT2D eigenvalue weighted by molar-refractivity contribution is -0.116. The molecule has 0 bridgehead atoms. The van der Waals surface area contributed by atoms with Crippen LogP contribution >= 0.6 is 12.2 Å². The van der Waals surface area contributed by atoms with E-state index in [0.717, 1.165) is 35.6 Å². The van der Waals surface area contributed by atoms with E-state index in [2.05, 4.69) is 0 Å². The Labute approximate surface area is 125 Å². The number of amides is 1. The van der Waals surface area contributed by atoms with E-state index in [1.807, 2.05) is 24.3 Å². The maximum Gasteiger partial charge on any atom is 0.214 e. The Balaban J connectivity index is 1.98. The Morgan fingerprint density at radius 2 is 1.95 bits per heavy atom. The van der Waals surface area contributed by atoms with Gasteiger partial charge in [0.25, 0.3) is 0 Å². The fraction of sp³-hybridized carbons (Fsp3) is 0.500. The quantitative estimate of drug-likeness (QED) is 0.615. The summed E-state index contributed by atoms with van der Waals surface area (Å²) >= 11 is 5.46. The van der Waals surface area contributed by atoms with Gasteiger partial charge in [-0.1, -0.05) is 43.6 Å². The van der Waals surface area contributed by atoms with E-state index in [0.29, 0.717) is 12.5 Å². The van der Waals surface area contributed by atoms with Gasteiger partial charge in [-0.05, 0) is 30.5 Å². The highest BCUT2D eigenvalue weighted by Gasteiger charge is 2.22. The molecule has 1 saturated carbocycles. The zero-order chi connectivity index (χ0) is 14.4. The third kappa shape index (κ3) is 3.79. The van der Waals surface area contributed by atoms with Crippen LogP contribution in [0.2, 0.25) is 0 Å². The van der Waals surface area contributed by atoms with Crippen molar-refractivity contribution in [2.24, 2.45) is 0 Å². The molecule has 1 aromatic rings. The Bertz CT molecular complexity index is 452. The van der Waals surface area contributed by atoms with E-state index in [4.69, 9.17) is 17.0 Å². The molecule has 2 rings (SSSR count). The van der Waals surface area contributed by atoms with Crippen molar-refractivity contribution >= 4 is 23.6 Å². The van der Waals surface area contributed by atoms with E-state index in [1.54, 1.807) is 12.0 Å². The molecule has 0 unspecified atom stereocenters. The maximum atomic E-state index is 11.4. The van der Waals surface area contributed by atoms with Crippen LogP contribution in [-0.2, 0) is 11.2 Å². The summed E-state index contributed by atoms with van der Waals surface area (Å²) in [5.41, 5.74) is 1.11. The van der Waals surface area contributed by atoms with Crippen molar-refractivity contribution in [2.75, 3.05) is 7.11 Å². The van der Waals surface area contributed by atoms with Crippen molar-refractivity contribution in [3.05, 3.63) is 29.8 Å². The SMILES string of the molecule is COc1ccc(CC(=S)N(C=O)C2CCCCC2)cc1. The molecule has 0 spiro atoms. The van der Waals surface area contributed by atoms with Gasteiger partial charge in [-0.25, -0.2) is 0 Å². The molecule has 20 heavy (non-hydrogen) atoms. The van der Waals surface area contributed by atoms with Gasteiger partial charge in [-0.2, -0.15) is 0 Å². The minimum absolute atomic E-state index is 0.298. The Morgan fingerprint density at radius 1 is 1.30 bits per heavy atom. The number of thiocarbonyl (C=S) groups is 1. The van der Waals surface area contributed by atoms with Crippen molar-refractivity contribution < 1.29 is 9.53 Å². The van der Waals surface area contributed by atoms with Gasteiger partial charge in [-0.15, -0.1) is 0 Å². The van der Waals surface area contributed by atoms with Crippen LogP contribution in [0.25, 0.3) is 0 Å². The Hall–Kier alpha value is -1.42. The van der Waals surface area contributed by atoms with Gasteiger partial charge < -0.3 is 9.64 Å². The fourth-order valence-electron chi connectivity index (χ4n) is 2.72. The van der Waals surface area contributed by atoms with Crippen LogP contribution < -0.4 is 4.74 Å². The molecule has 1 aliphatic carbocycles. The number of hydrogen-bond acceptors (Lipinski definition) is 3. The average molecular weight is 291 g/mol. The lowest BCUT2D eigenvalue weighted by Gasteiger charge is -2.31. The summed E-state index contributed by atoms with van der Waals surface area (Å²) in [6, 6.07) is 8.13. The summed E-state index contributed by atoms with van der Waals surface area (Å²) in [6.07, 6.45) is 7.34. The van der Waals surface area contributed by atoms with Crippen LogP contribution in [0.5, 0.6) is 5.75 Å². The molecule has 0 radical (unpaired) electrons. The molecule has 1 aliphatic rings. The number of hydrogen-bond donors (Lipinski definition) is 0. The largest absolute Gasteiger partial charge is 0.497 e. The van der Waals surface area contributed by atoms with Crippen molar-refractivity contribution in [1.29, 1.82) is 0 Å². The smallest absolute Gasteiger partial charge is 0.214 e. The highest BCUT2D eigenvalue weighted by Crippen LogP contribution is 2.23. The van der Waals surface area contributed by atoms with Crippen LogP contribution in [0.1, 0.15) is 37.7 Å². The molecule has 0 N–H and O–H groups in total. The second-order valence-electron chi connectivity index (χ2n) is 5.22. The first-order valence-electron chi connectivity index (χ1n) is 7.14. The second-order valence-corrected chi connectivity index (χ2v) is 5.69. The third-order valence-electron chi connectivity index (χ3n) is 3.88. The van der Waals surface area contributed by atoms with Crippen LogP contribution in [-0.4, -0.2) is 29.5 Å². The van der Waals surface area contributed by atoms with E-state index in [-0.39, 0.29) is 0 Å². The predicted molar refractivity (Wildman–Crippen MR) is 84.1 cm³/mol. The summed E-state index contributed by atoms with van der Waals surface area (Å²) in [5.74, 6) is 0.833. The first kappa shape index (κ1) is 15.0. The molecule has 1 fully saturated rings. The molecular formula is C16H21NO2S. The number of carbonyl (C=O) groups is 1. The number of methoxy groups -OCH3 is 1. The molecule has 108 valence electrons. The average Bonchev–Trinajstić information content (AvgIpc) is 2.50. The molecule has 0 aliphatic heterocycles. The molecule has 0 atom stereocenters. The van der Waals surface area contributed by atoms with E-state index in [1.165, 1.54) is 19.3 Å². The molecular weight excluding hydrogens is 270 g/mol. The number of benzene rings is 1.